The van der Waals surface area contributed by atoms with Crippen molar-refractivity contribution in [2.24, 2.45) is 7.05 Å². The molecule has 2 rings (SSSR count). The van der Waals surface area contributed by atoms with E-state index in [-0.39, 0.29) is 11.9 Å². The van der Waals surface area contributed by atoms with Gasteiger partial charge in [0, 0.05) is 24.7 Å². The molecule has 1 amide bonds. The number of amides is 1. The Labute approximate surface area is 130 Å². The first-order valence-electron chi connectivity index (χ1n) is 7.03. The minimum Gasteiger partial charge on any atom is -0.497 e. The predicted octanol–water partition coefficient (Wildman–Crippen LogP) is 2.24. The van der Waals surface area contributed by atoms with Crippen LogP contribution in [0.1, 0.15) is 24.3 Å². The third-order valence-corrected chi connectivity index (χ3v) is 3.22. The number of nitrogens with zero attached hydrogens (tertiary/aromatic N) is 2. The molecule has 0 bridgehead atoms. The zero-order valence-electron chi connectivity index (χ0n) is 13.5. The van der Waals surface area contributed by atoms with Gasteiger partial charge in [0.15, 0.2) is 0 Å². The maximum absolute atomic E-state index is 12.2. The summed E-state index contributed by atoms with van der Waals surface area (Å²) < 4.78 is 12.1. The van der Waals surface area contributed by atoms with Crippen LogP contribution in [0.15, 0.2) is 24.3 Å². The van der Waals surface area contributed by atoms with Crippen LogP contribution in [0.5, 0.6) is 11.5 Å². The van der Waals surface area contributed by atoms with Crippen molar-refractivity contribution in [1.29, 1.82) is 0 Å². The van der Waals surface area contributed by atoms with Gasteiger partial charge < -0.3 is 14.8 Å². The fourth-order valence-corrected chi connectivity index (χ4v) is 2.16. The zero-order valence-corrected chi connectivity index (χ0v) is 13.5. The van der Waals surface area contributed by atoms with E-state index < -0.39 is 0 Å². The second-order valence-corrected chi connectivity index (χ2v) is 5.23. The molecule has 0 unspecified atom stereocenters. The van der Waals surface area contributed by atoms with Crippen molar-refractivity contribution in [3.63, 3.8) is 0 Å². The van der Waals surface area contributed by atoms with Crippen molar-refractivity contribution in [1.82, 2.24) is 15.1 Å². The van der Waals surface area contributed by atoms with Gasteiger partial charge in [0.1, 0.15) is 17.2 Å². The normalized spacial score (nSPS) is 10.6. The van der Waals surface area contributed by atoms with Gasteiger partial charge >= 0.3 is 0 Å². The molecule has 1 heterocycles. The maximum Gasteiger partial charge on any atom is 0.269 e. The summed E-state index contributed by atoms with van der Waals surface area (Å²) in [6.07, 6.45) is 0. The highest BCUT2D eigenvalue weighted by Gasteiger charge is 2.17. The Morgan fingerprint density at radius 2 is 1.95 bits per heavy atom. The second kappa shape index (κ2) is 6.51. The Balaban J connectivity index is 2.40. The lowest BCUT2D eigenvalue weighted by atomic mass is 10.1. The number of carbonyl (C=O) groups is 1. The molecule has 0 atom stereocenters. The summed E-state index contributed by atoms with van der Waals surface area (Å²) >= 11 is 0. The number of benzene rings is 1. The number of aromatic nitrogens is 2. The molecule has 0 saturated carbocycles. The van der Waals surface area contributed by atoms with Gasteiger partial charge in [0.25, 0.3) is 5.91 Å². The molecular formula is C16H21N3O3. The van der Waals surface area contributed by atoms with Crippen LogP contribution in [0.4, 0.5) is 0 Å². The van der Waals surface area contributed by atoms with Gasteiger partial charge in [-0.2, -0.15) is 5.10 Å². The van der Waals surface area contributed by atoms with Crippen LogP contribution in [0.3, 0.4) is 0 Å². The Hall–Kier alpha value is -2.50. The van der Waals surface area contributed by atoms with Gasteiger partial charge in [-0.25, -0.2) is 0 Å². The quantitative estimate of drug-likeness (QED) is 0.920. The molecule has 0 aliphatic carbocycles. The van der Waals surface area contributed by atoms with Crippen molar-refractivity contribution in [3.8, 4) is 22.8 Å². The number of rotatable bonds is 5. The lowest BCUT2D eigenvalue weighted by Gasteiger charge is -2.08. The maximum atomic E-state index is 12.2. The molecule has 0 radical (unpaired) electrons. The van der Waals surface area contributed by atoms with Gasteiger partial charge in [-0.1, -0.05) is 0 Å². The van der Waals surface area contributed by atoms with Gasteiger partial charge in [-0.3, -0.25) is 9.48 Å². The first kappa shape index (κ1) is 15.9. The lowest BCUT2D eigenvalue weighted by molar-refractivity contribution is 0.0933. The van der Waals surface area contributed by atoms with Crippen LogP contribution in [0.2, 0.25) is 0 Å². The minimum atomic E-state index is -0.149. The van der Waals surface area contributed by atoms with Crippen molar-refractivity contribution in [3.05, 3.63) is 30.0 Å². The van der Waals surface area contributed by atoms with Crippen LogP contribution in [0, 0.1) is 0 Å². The summed E-state index contributed by atoms with van der Waals surface area (Å²) in [5.41, 5.74) is 1.99. The number of nitrogens with one attached hydrogen (secondary N) is 1. The van der Waals surface area contributed by atoms with E-state index in [2.05, 4.69) is 10.4 Å². The summed E-state index contributed by atoms with van der Waals surface area (Å²) in [4.78, 5) is 12.2. The third-order valence-electron chi connectivity index (χ3n) is 3.22. The van der Waals surface area contributed by atoms with E-state index in [0.29, 0.717) is 22.9 Å². The number of ether oxygens (including phenoxy) is 2. The largest absolute Gasteiger partial charge is 0.497 e. The van der Waals surface area contributed by atoms with E-state index in [0.717, 1.165) is 5.56 Å². The monoisotopic (exact) mass is 303 g/mol. The van der Waals surface area contributed by atoms with Crippen LogP contribution < -0.4 is 14.8 Å². The first-order chi connectivity index (χ1) is 10.5. The number of hydrogen-bond acceptors (Lipinski definition) is 4. The average Bonchev–Trinajstić information content (AvgIpc) is 2.87. The lowest BCUT2D eigenvalue weighted by Crippen LogP contribution is -2.31. The molecule has 6 nitrogen and oxygen atoms in total. The van der Waals surface area contributed by atoms with Crippen molar-refractivity contribution >= 4 is 5.91 Å². The number of carbonyl (C=O) groups excluding carboxylic acids is 1. The van der Waals surface area contributed by atoms with Gasteiger partial charge in [0.05, 0.1) is 19.9 Å². The molecule has 0 spiro atoms. The van der Waals surface area contributed by atoms with E-state index in [4.69, 9.17) is 9.47 Å². The van der Waals surface area contributed by atoms with Crippen LogP contribution in [0.25, 0.3) is 11.3 Å². The summed E-state index contributed by atoms with van der Waals surface area (Å²) in [6.45, 7) is 3.84. The molecular weight excluding hydrogens is 282 g/mol. The van der Waals surface area contributed by atoms with E-state index in [1.165, 1.54) is 0 Å². The molecule has 0 saturated heterocycles. The minimum absolute atomic E-state index is 0.0707. The molecule has 1 N–H and O–H groups in total. The molecule has 1 aromatic carbocycles. The molecule has 2 aromatic rings. The highest BCUT2D eigenvalue weighted by atomic mass is 16.5. The zero-order chi connectivity index (χ0) is 16.3. The van der Waals surface area contributed by atoms with Gasteiger partial charge in [0.2, 0.25) is 0 Å². The van der Waals surface area contributed by atoms with E-state index in [1.807, 2.05) is 26.0 Å². The fraction of sp³-hybridized carbons (Fsp3) is 0.375. The SMILES string of the molecule is COc1ccc(-c2cc(C(=O)NC(C)C)n(C)n2)c(OC)c1. The third kappa shape index (κ3) is 3.21. The molecule has 118 valence electrons. The van der Waals surface area contributed by atoms with Crippen LogP contribution in [-0.2, 0) is 7.05 Å². The summed E-state index contributed by atoms with van der Waals surface area (Å²) in [5, 5.41) is 7.27. The van der Waals surface area contributed by atoms with Gasteiger partial charge in [-0.15, -0.1) is 0 Å². The van der Waals surface area contributed by atoms with E-state index in [1.54, 1.807) is 38.1 Å². The van der Waals surface area contributed by atoms with Crippen LogP contribution in [-0.4, -0.2) is 35.9 Å². The number of hydrogen-bond donors (Lipinski definition) is 1. The Bertz CT molecular complexity index is 677. The standard InChI is InChI=1S/C16H21N3O3/c1-10(2)17-16(20)14-9-13(18-19(14)3)12-7-6-11(21-4)8-15(12)22-5/h6-10H,1-5H3,(H,17,20). The molecule has 1 aromatic heterocycles. The smallest absolute Gasteiger partial charge is 0.269 e. The first-order valence-corrected chi connectivity index (χ1v) is 7.03. The second-order valence-electron chi connectivity index (χ2n) is 5.23. The molecule has 0 fully saturated rings. The van der Waals surface area contributed by atoms with Crippen LogP contribution >= 0.6 is 0 Å². The highest BCUT2D eigenvalue weighted by molar-refractivity contribution is 5.94. The summed E-state index contributed by atoms with van der Waals surface area (Å²) in [6, 6.07) is 7.31. The van der Waals surface area contributed by atoms with Gasteiger partial charge in [-0.05, 0) is 32.0 Å². The Morgan fingerprint density at radius 1 is 1.23 bits per heavy atom. The van der Waals surface area contributed by atoms with E-state index in [9.17, 15) is 4.79 Å². The van der Waals surface area contributed by atoms with Crippen molar-refractivity contribution in [2.75, 3.05) is 14.2 Å². The summed E-state index contributed by atoms with van der Waals surface area (Å²) in [7, 11) is 4.94. The van der Waals surface area contributed by atoms with Crippen molar-refractivity contribution < 1.29 is 14.3 Å². The predicted molar refractivity (Wildman–Crippen MR) is 84.4 cm³/mol. The van der Waals surface area contributed by atoms with E-state index >= 15 is 0 Å². The molecule has 6 heteroatoms. The number of aryl methyl sites for hydroxylation is 1. The Kier molecular flexibility index (Phi) is 4.70. The summed E-state index contributed by atoms with van der Waals surface area (Å²) in [5.74, 6) is 1.20. The molecule has 0 aliphatic heterocycles. The highest BCUT2D eigenvalue weighted by Crippen LogP contribution is 2.32. The Morgan fingerprint density at radius 3 is 2.55 bits per heavy atom. The average molecular weight is 303 g/mol. The van der Waals surface area contributed by atoms with Crippen molar-refractivity contribution in [2.45, 2.75) is 19.9 Å². The topological polar surface area (TPSA) is 65.4 Å². The molecule has 22 heavy (non-hydrogen) atoms. The molecule has 0 aliphatic rings. The fourth-order valence-electron chi connectivity index (χ4n) is 2.16. The number of methoxy groups -OCH3 is 2.